The molecule has 1 amide bonds. The van der Waals surface area contributed by atoms with Gasteiger partial charge in [0.2, 0.25) is 0 Å². The van der Waals surface area contributed by atoms with Crippen LogP contribution in [0.25, 0.3) is 6.08 Å². The van der Waals surface area contributed by atoms with Crippen LogP contribution in [0.3, 0.4) is 0 Å². The molecular weight excluding hydrogens is 278 g/mol. The van der Waals surface area contributed by atoms with Crippen LogP contribution in [0.5, 0.6) is 5.75 Å². The Morgan fingerprint density at radius 3 is 2.58 bits per heavy atom. The lowest BCUT2D eigenvalue weighted by Crippen LogP contribution is -2.17. The van der Waals surface area contributed by atoms with Crippen molar-refractivity contribution < 1.29 is 9.53 Å². The normalized spacial score (nSPS) is 17.1. The molecule has 0 spiro atoms. The van der Waals surface area contributed by atoms with Gasteiger partial charge in [-0.05, 0) is 29.7 Å². The van der Waals surface area contributed by atoms with E-state index in [1.165, 1.54) is 11.8 Å². The number of benzene rings is 1. The van der Waals surface area contributed by atoms with Gasteiger partial charge in [0.25, 0.3) is 5.91 Å². The molecule has 1 aliphatic rings. The first-order chi connectivity index (χ1) is 9.04. The molecule has 1 aromatic rings. The van der Waals surface area contributed by atoms with Crippen molar-refractivity contribution in [2.24, 2.45) is 5.92 Å². The van der Waals surface area contributed by atoms with Crippen LogP contribution in [0.4, 0.5) is 0 Å². The third-order valence-corrected chi connectivity index (χ3v) is 3.57. The van der Waals surface area contributed by atoms with E-state index in [1.807, 2.05) is 30.3 Å². The van der Waals surface area contributed by atoms with Crippen molar-refractivity contribution in [3.05, 3.63) is 34.7 Å². The van der Waals surface area contributed by atoms with Crippen molar-refractivity contribution in [2.75, 3.05) is 6.61 Å². The lowest BCUT2D eigenvalue weighted by atomic mass is 10.2. The molecule has 1 N–H and O–H groups in total. The summed E-state index contributed by atoms with van der Waals surface area (Å²) in [6, 6.07) is 7.67. The Hall–Kier alpha value is -1.33. The van der Waals surface area contributed by atoms with Gasteiger partial charge in [0.05, 0.1) is 11.5 Å². The molecule has 0 saturated carbocycles. The minimum absolute atomic E-state index is 0.130. The van der Waals surface area contributed by atoms with E-state index in [9.17, 15) is 4.79 Å². The zero-order chi connectivity index (χ0) is 13.8. The molecule has 1 aromatic carbocycles. The van der Waals surface area contributed by atoms with Gasteiger partial charge < -0.3 is 10.1 Å². The molecule has 1 fully saturated rings. The topological polar surface area (TPSA) is 38.3 Å². The highest BCUT2D eigenvalue weighted by Crippen LogP contribution is 2.26. The zero-order valence-electron chi connectivity index (χ0n) is 10.8. The average molecular weight is 293 g/mol. The molecule has 0 radical (unpaired) electrons. The Balaban J connectivity index is 2.04. The zero-order valence-corrected chi connectivity index (χ0v) is 12.4. The average Bonchev–Trinajstić information content (AvgIpc) is 2.67. The maximum Gasteiger partial charge on any atom is 0.263 e. The molecule has 19 heavy (non-hydrogen) atoms. The fourth-order valence-electron chi connectivity index (χ4n) is 1.50. The molecule has 0 unspecified atom stereocenters. The smallest absolute Gasteiger partial charge is 0.263 e. The largest absolute Gasteiger partial charge is 0.493 e. The maximum atomic E-state index is 11.5. The standard InChI is InChI=1S/C14H15NO2S2/c1-9(2)8-17-11-5-3-10(4-6-11)7-12-13(16)15-14(18)19-12/h3-7,9H,8H2,1-2H3,(H,15,16,18)/b12-7+. The van der Waals surface area contributed by atoms with Crippen LogP contribution < -0.4 is 10.1 Å². The fraction of sp³-hybridized carbons (Fsp3) is 0.286. The monoisotopic (exact) mass is 293 g/mol. The van der Waals surface area contributed by atoms with E-state index in [0.29, 0.717) is 21.8 Å². The molecular formula is C14H15NO2S2. The van der Waals surface area contributed by atoms with Crippen LogP contribution in [-0.2, 0) is 4.79 Å². The number of thioether (sulfide) groups is 1. The second-order valence-electron chi connectivity index (χ2n) is 4.63. The first kappa shape index (κ1) is 14.1. The highest BCUT2D eigenvalue weighted by molar-refractivity contribution is 8.26. The number of hydrogen-bond donors (Lipinski definition) is 1. The lowest BCUT2D eigenvalue weighted by Gasteiger charge is -2.08. The van der Waals surface area contributed by atoms with Gasteiger partial charge in [-0.2, -0.15) is 0 Å². The van der Waals surface area contributed by atoms with E-state index in [-0.39, 0.29) is 5.91 Å². The summed E-state index contributed by atoms with van der Waals surface area (Å²) in [6.45, 7) is 4.92. The molecule has 100 valence electrons. The first-order valence-corrected chi connectivity index (χ1v) is 7.25. The van der Waals surface area contributed by atoms with Crippen LogP contribution in [0.2, 0.25) is 0 Å². The highest BCUT2D eigenvalue weighted by Gasteiger charge is 2.21. The van der Waals surface area contributed by atoms with Crippen LogP contribution in [0.1, 0.15) is 19.4 Å². The fourth-order valence-corrected chi connectivity index (χ4v) is 2.54. The van der Waals surface area contributed by atoms with Gasteiger partial charge >= 0.3 is 0 Å². The Morgan fingerprint density at radius 1 is 1.37 bits per heavy atom. The van der Waals surface area contributed by atoms with E-state index in [0.717, 1.165) is 11.3 Å². The number of ether oxygens (including phenoxy) is 1. The molecule has 0 aliphatic carbocycles. The van der Waals surface area contributed by atoms with E-state index < -0.39 is 0 Å². The summed E-state index contributed by atoms with van der Waals surface area (Å²) in [5.74, 6) is 1.21. The Morgan fingerprint density at radius 2 is 2.05 bits per heavy atom. The van der Waals surface area contributed by atoms with Crippen molar-refractivity contribution >= 4 is 40.3 Å². The van der Waals surface area contributed by atoms with Gasteiger partial charge in [-0.25, -0.2) is 0 Å². The summed E-state index contributed by atoms with van der Waals surface area (Å²) >= 11 is 6.23. The third kappa shape index (κ3) is 4.08. The third-order valence-electron chi connectivity index (χ3n) is 2.40. The second-order valence-corrected chi connectivity index (χ2v) is 6.34. The number of carbonyl (C=O) groups is 1. The van der Waals surface area contributed by atoms with Gasteiger partial charge in [-0.15, -0.1) is 0 Å². The molecule has 5 heteroatoms. The van der Waals surface area contributed by atoms with Crippen molar-refractivity contribution in [3.8, 4) is 5.75 Å². The molecule has 0 bridgehead atoms. The number of hydrogen-bond acceptors (Lipinski definition) is 4. The van der Waals surface area contributed by atoms with Crippen LogP contribution >= 0.6 is 24.0 Å². The number of rotatable bonds is 4. The summed E-state index contributed by atoms with van der Waals surface area (Å²) < 4.78 is 6.11. The summed E-state index contributed by atoms with van der Waals surface area (Å²) in [4.78, 5) is 12.1. The molecule has 2 rings (SSSR count). The Kier molecular flexibility index (Phi) is 4.61. The van der Waals surface area contributed by atoms with Crippen molar-refractivity contribution in [1.82, 2.24) is 5.32 Å². The second kappa shape index (κ2) is 6.21. The van der Waals surface area contributed by atoms with Crippen molar-refractivity contribution in [2.45, 2.75) is 13.8 Å². The summed E-state index contributed by atoms with van der Waals surface area (Å²) in [7, 11) is 0. The number of nitrogens with one attached hydrogen (secondary N) is 1. The van der Waals surface area contributed by atoms with Gasteiger partial charge in [-0.1, -0.05) is 50.0 Å². The van der Waals surface area contributed by atoms with Gasteiger partial charge in [0, 0.05) is 0 Å². The quantitative estimate of drug-likeness (QED) is 0.683. The number of thiocarbonyl (C=S) groups is 1. The molecule has 1 saturated heterocycles. The van der Waals surface area contributed by atoms with Crippen molar-refractivity contribution in [3.63, 3.8) is 0 Å². The van der Waals surface area contributed by atoms with E-state index in [4.69, 9.17) is 17.0 Å². The SMILES string of the molecule is CC(C)COc1ccc(/C=C2/SC(=S)NC2=O)cc1. The van der Waals surface area contributed by atoms with Gasteiger partial charge in [0.1, 0.15) is 10.1 Å². The predicted molar refractivity (Wildman–Crippen MR) is 83.1 cm³/mol. The molecule has 1 heterocycles. The summed E-state index contributed by atoms with van der Waals surface area (Å²) in [5, 5.41) is 2.59. The van der Waals surface area contributed by atoms with E-state index >= 15 is 0 Å². The molecule has 3 nitrogen and oxygen atoms in total. The summed E-state index contributed by atoms with van der Waals surface area (Å²) in [6.07, 6.45) is 1.82. The first-order valence-electron chi connectivity index (χ1n) is 6.02. The summed E-state index contributed by atoms with van der Waals surface area (Å²) in [5.41, 5.74) is 0.958. The highest BCUT2D eigenvalue weighted by atomic mass is 32.2. The Labute approximate surface area is 122 Å². The number of amides is 1. The van der Waals surface area contributed by atoms with E-state index in [2.05, 4.69) is 19.2 Å². The minimum Gasteiger partial charge on any atom is -0.493 e. The van der Waals surface area contributed by atoms with Gasteiger partial charge in [-0.3, -0.25) is 4.79 Å². The van der Waals surface area contributed by atoms with Gasteiger partial charge in [0.15, 0.2) is 0 Å². The maximum absolute atomic E-state index is 11.5. The van der Waals surface area contributed by atoms with Crippen LogP contribution in [0.15, 0.2) is 29.2 Å². The minimum atomic E-state index is -0.130. The van der Waals surface area contributed by atoms with Crippen LogP contribution in [-0.4, -0.2) is 16.8 Å². The lowest BCUT2D eigenvalue weighted by molar-refractivity contribution is -0.115. The molecule has 0 atom stereocenters. The number of carbonyl (C=O) groups excluding carboxylic acids is 1. The molecule has 0 aromatic heterocycles. The van der Waals surface area contributed by atoms with Crippen LogP contribution in [0, 0.1) is 5.92 Å². The molecule has 1 aliphatic heterocycles. The predicted octanol–water partition coefficient (Wildman–Crippen LogP) is 3.21. The van der Waals surface area contributed by atoms with Crippen molar-refractivity contribution in [1.29, 1.82) is 0 Å². The Bertz CT molecular complexity index is 521. The van der Waals surface area contributed by atoms with E-state index in [1.54, 1.807) is 0 Å².